The maximum atomic E-state index is 13.4. The summed E-state index contributed by atoms with van der Waals surface area (Å²) in [6.45, 7) is 0.594. The minimum Gasteiger partial charge on any atom is -0.454 e. The number of halogens is 1. The number of carbonyl (C=O) groups excluding carboxylic acids is 2. The average molecular weight is 441 g/mol. The highest BCUT2D eigenvalue weighted by Crippen LogP contribution is 2.41. The van der Waals surface area contributed by atoms with Crippen LogP contribution in [0, 0.1) is 5.92 Å². The van der Waals surface area contributed by atoms with Crippen LogP contribution in [-0.2, 0) is 11.3 Å². The summed E-state index contributed by atoms with van der Waals surface area (Å²) in [4.78, 5) is 28.5. The van der Waals surface area contributed by atoms with E-state index in [1.54, 1.807) is 24.3 Å². The van der Waals surface area contributed by atoms with Gasteiger partial charge in [-0.05, 0) is 61.1 Å². The summed E-state index contributed by atoms with van der Waals surface area (Å²) in [6, 6.07) is 12.3. The van der Waals surface area contributed by atoms with Gasteiger partial charge in [-0.2, -0.15) is 0 Å². The van der Waals surface area contributed by atoms with Crippen molar-refractivity contribution in [3.63, 3.8) is 0 Å². The molecule has 5 rings (SSSR count). The van der Waals surface area contributed by atoms with Crippen molar-refractivity contribution in [3.8, 4) is 11.5 Å². The second-order valence-corrected chi connectivity index (χ2v) is 8.93. The predicted molar refractivity (Wildman–Crippen MR) is 116 cm³/mol. The van der Waals surface area contributed by atoms with Gasteiger partial charge in [-0.3, -0.25) is 9.59 Å². The van der Waals surface area contributed by atoms with Gasteiger partial charge in [-0.1, -0.05) is 36.6 Å². The number of hydrogen-bond donors (Lipinski definition) is 1. The summed E-state index contributed by atoms with van der Waals surface area (Å²) >= 11 is 6.12. The van der Waals surface area contributed by atoms with E-state index in [-0.39, 0.29) is 24.6 Å². The van der Waals surface area contributed by atoms with Crippen molar-refractivity contribution in [2.24, 2.45) is 5.92 Å². The van der Waals surface area contributed by atoms with Gasteiger partial charge in [0.05, 0.1) is 0 Å². The highest BCUT2D eigenvalue weighted by atomic mass is 35.5. The molecule has 0 aromatic heterocycles. The first kappa shape index (κ1) is 20.2. The fraction of sp³-hybridized carbons (Fsp3) is 0.417. The first-order valence-electron chi connectivity index (χ1n) is 10.8. The minimum absolute atomic E-state index is 0.109. The molecule has 2 aromatic carbocycles. The number of benzene rings is 2. The zero-order chi connectivity index (χ0) is 21.4. The van der Waals surface area contributed by atoms with Crippen LogP contribution in [0.5, 0.6) is 11.5 Å². The van der Waals surface area contributed by atoms with Gasteiger partial charge in [0.25, 0.3) is 5.91 Å². The summed E-state index contributed by atoms with van der Waals surface area (Å²) in [5, 5.41) is 3.56. The van der Waals surface area contributed by atoms with Gasteiger partial charge in [0.2, 0.25) is 12.7 Å². The molecule has 1 N–H and O–H groups in total. The van der Waals surface area contributed by atoms with E-state index < -0.39 is 6.04 Å². The molecule has 0 spiro atoms. The molecule has 1 saturated heterocycles. The molecular weight excluding hydrogens is 416 g/mol. The number of carbonyl (C=O) groups is 2. The van der Waals surface area contributed by atoms with Gasteiger partial charge >= 0.3 is 0 Å². The molecule has 0 bridgehead atoms. The van der Waals surface area contributed by atoms with Crippen molar-refractivity contribution in [2.45, 2.75) is 50.7 Å². The standard InChI is InChI=1S/C24H25ClN2O4/c25-18-6-3-5-17(11-18)24(29)27-19-7-2-1-4-16(19)12-20(27)23(28)26-13-15-8-9-21-22(10-15)31-14-30-21/h3,5-6,8-11,16,19-20H,1-2,4,7,12-14H2,(H,26,28)/t16-,19-,20-/m0/s1. The highest BCUT2D eigenvalue weighted by Gasteiger charge is 2.47. The van der Waals surface area contributed by atoms with Crippen LogP contribution in [0.3, 0.4) is 0 Å². The van der Waals surface area contributed by atoms with Crippen LogP contribution < -0.4 is 14.8 Å². The lowest BCUT2D eigenvalue weighted by molar-refractivity contribution is -0.125. The predicted octanol–water partition coefficient (Wildman–Crippen LogP) is 4.16. The third-order valence-electron chi connectivity index (χ3n) is 6.60. The Kier molecular flexibility index (Phi) is 5.48. The lowest BCUT2D eigenvalue weighted by atomic mass is 9.84. The third kappa shape index (κ3) is 3.97. The summed E-state index contributed by atoms with van der Waals surface area (Å²) in [5.74, 6) is 1.56. The Morgan fingerprint density at radius 2 is 1.90 bits per heavy atom. The molecule has 2 heterocycles. The maximum absolute atomic E-state index is 13.4. The second-order valence-electron chi connectivity index (χ2n) is 8.49. The molecule has 2 amide bonds. The monoisotopic (exact) mass is 440 g/mol. The van der Waals surface area contributed by atoms with Crippen molar-refractivity contribution < 1.29 is 19.1 Å². The molecule has 0 unspecified atom stereocenters. The first-order chi connectivity index (χ1) is 15.1. The van der Waals surface area contributed by atoms with Crippen LogP contribution in [0.25, 0.3) is 0 Å². The van der Waals surface area contributed by atoms with Crippen LogP contribution in [0.15, 0.2) is 42.5 Å². The van der Waals surface area contributed by atoms with Gasteiger partial charge in [0.15, 0.2) is 11.5 Å². The molecule has 2 aliphatic heterocycles. The van der Waals surface area contributed by atoms with Crippen LogP contribution >= 0.6 is 11.6 Å². The summed E-state index contributed by atoms with van der Waals surface area (Å²) < 4.78 is 10.8. The zero-order valence-electron chi connectivity index (χ0n) is 17.2. The highest BCUT2D eigenvalue weighted by molar-refractivity contribution is 6.31. The molecular formula is C24H25ClN2O4. The van der Waals surface area contributed by atoms with Crippen molar-refractivity contribution in [2.75, 3.05) is 6.79 Å². The molecule has 7 heteroatoms. The normalized spacial score (nSPS) is 24.0. The number of nitrogens with zero attached hydrogens (tertiary/aromatic N) is 1. The zero-order valence-corrected chi connectivity index (χ0v) is 17.9. The van der Waals surface area contributed by atoms with E-state index in [1.807, 2.05) is 23.1 Å². The van der Waals surface area contributed by atoms with E-state index in [0.29, 0.717) is 41.0 Å². The van der Waals surface area contributed by atoms with Gasteiger partial charge in [-0.15, -0.1) is 0 Å². The lowest BCUT2D eigenvalue weighted by Gasteiger charge is -2.33. The number of rotatable bonds is 4. The molecule has 2 fully saturated rings. The molecule has 3 aliphatic rings. The van der Waals surface area contributed by atoms with E-state index in [0.717, 1.165) is 31.2 Å². The lowest BCUT2D eigenvalue weighted by Crippen LogP contribution is -2.49. The number of ether oxygens (including phenoxy) is 2. The van der Waals surface area contributed by atoms with Crippen LogP contribution in [-0.4, -0.2) is 35.6 Å². The molecule has 2 aromatic rings. The number of nitrogens with one attached hydrogen (secondary N) is 1. The fourth-order valence-corrected chi connectivity index (χ4v) is 5.30. The van der Waals surface area contributed by atoms with E-state index in [9.17, 15) is 9.59 Å². The largest absolute Gasteiger partial charge is 0.454 e. The Balaban J connectivity index is 1.34. The molecule has 1 aliphatic carbocycles. The molecule has 6 nitrogen and oxygen atoms in total. The van der Waals surface area contributed by atoms with Crippen molar-refractivity contribution >= 4 is 23.4 Å². The number of hydrogen-bond acceptors (Lipinski definition) is 4. The van der Waals surface area contributed by atoms with Gasteiger partial charge in [0.1, 0.15) is 6.04 Å². The van der Waals surface area contributed by atoms with Crippen molar-refractivity contribution in [1.82, 2.24) is 10.2 Å². The third-order valence-corrected chi connectivity index (χ3v) is 6.84. The second kappa shape index (κ2) is 8.42. The summed E-state index contributed by atoms with van der Waals surface area (Å²) in [7, 11) is 0. The Hall–Kier alpha value is -2.73. The van der Waals surface area contributed by atoms with E-state index in [4.69, 9.17) is 21.1 Å². The Bertz CT molecular complexity index is 1010. The number of fused-ring (bicyclic) bond motifs is 2. The minimum atomic E-state index is -0.464. The Morgan fingerprint density at radius 3 is 2.77 bits per heavy atom. The Labute approximate surface area is 186 Å². The van der Waals surface area contributed by atoms with E-state index >= 15 is 0 Å². The molecule has 1 saturated carbocycles. The first-order valence-corrected chi connectivity index (χ1v) is 11.2. The molecule has 31 heavy (non-hydrogen) atoms. The molecule has 0 radical (unpaired) electrons. The number of likely N-dealkylation sites (tertiary alicyclic amines) is 1. The van der Waals surface area contributed by atoms with E-state index in [1.165, 1.54) is 0 Å². The SMILES string of the molecule is O=C(NCc1ccc2c(c1)OCO2)[C@@H]1C[C@@H]2CCCC[C@@H]2N1C(=O)c1cccc(Cl)c1. The summed E-state index contributed by atoms with van der Waals surface area (Å²) in [6.07, 6.45) is 4.97. The van der Waals surface area contributed by atoms with Crippen LogP contribution in [0.4, 0.5) is 0 Å². The molecule has 3 atom stereocenters. The van der Waals surface area contributed by atoms with Crippen molar-refractivity contribution in [3.05, 3.63) is 58.6 Å². The summed E-state index contributed by atoms with van der Waals surface area (Å²) in [5.41, 5.74) is 1.47. The smallest absolute Gasteiger partial charge is 0.254 e. The topological polar surface area (TPSA) is 67.9 Å². The van der Waals surface area contributed by atoms with Crippen LogP contribution in [0.2, 0.25) is 5.02 Å². The van der Waals surface area contributed by atoms with Gasteiger partial charge in [0, 0.05) is 23.2 Å². The fourth-order valence-electron chi connectivity index (χ4n) is 5.11. The average Bonchev–Trinajstić information content (AvgIpc) is 3.41. The van der Waals surface area contributed by atoms with Gasteiger partial charge < -0.3 is 19.7 Å². The van der Waals surface area contributed by atoms with Gasteiger partial charge in [-0.25, -0.2) is 0 Å². The molecule has 162 valence electrons. The van der Waals surface area contributed by atoms with Crippen molar-refractivity contribution in [1.29, 1.82) is 0 Å². The maximum Gasteiger partial charge on any atom is 0.254 e. The van der Waals surface area contributed by atoms with Crippen LogP contribution in [0.1, 0.15) is 48.0 Å². The quantitative estimate of drug-likeness (QED) is 0.775. The van der Waals surface area contributed by atoms with E-state index in [2.05, 4.69) is 5.32 Å². The Morgan fingerprint density at radius 1 is 1.06 bits per heavy atom. The number of amides is 2.